The molecule has 0 heterocycles. The van der Waals surface area contributed by atoms with Crippen LogP contribution in [0.3, 0.4) is 0 Å². The van der Waals surface area contributed by atoms with Crippen molar-refractivity contribution in [2.45, 2.75) is 25.5 Å². The zero-order chi connectivity index (χ0) is 12.0. The van der Waals surface area contributed by atoms with Gasteiger partial charge in [-0.1, -0.05) is 19.1 Å². The molecule has 1 aromatic carbocycles. The molecular weight excluding hydrogens is 206 g/mol. The molecule has 0 aliphatic heterocycles. The summed E-state index contributed by atoms with van der Waals surface area (Å²) in [5.41, 5.74) is 6.94. The van der Waals surface area contributed by atoms with Crippen LogP contribution in [0.1, 0.15) is 24.9 Å². The van der Waals surface area contributed by atoms with E-state index in [0.29, 0.717) is 5.75 Å². The fraction of sp³-hybridized carbons (Fsp3) is 0.500. The van der Waals surface area contributed by atoms with Gasteiger partial charge in [-0.15, -0.1) is 0 Å². The van der Waals surface area contributed by atoms with Crippen LogP contribution in [0.15, 0.2) is 24.3 Å². The van der Waals surface area contributed by atoms with Crippen LogP contribution in [0.2, 0.25) is 0 Å². The van der Waals surface area contributed by atoms with E-state index in [1.54, 1.807) is 0 Å². The van der Waals surface area contributed by atoms with E-state index in [1.807, 2.05) is 31.2 Å². The van der Waals surface area contributed by atoms with Gasteiger partial charge in [0.25, 0.3) is 0 Å². The summed E-state index contributed by atoms with van der Waals surface area (Å²) >= 11 is 0. The maximum Gasteiger partial charge on any atom is 0.119 e. The monoisotopic (exact) mass is 225 g/mol. The van der Waals surface area contributed by atoms with Crippen molar-refractivity contribution in [2.75, 3.05) is 13.2 Å². The van der Waals surface area contributed by atoms with Gasteiger partial charge in [-0.25, -0.2) is 0 Å². The van der Waals surface area contributed by atoms with Crippen molar-refractivity contribution in [3.8, 4) is 5.75 Å². The SMILES string of the molecule is CCC(N)c1ccc(OCC(O)CO)cc1. The van der Waals surface area contributed by atoms with Crippen LogP contribution in [0.4, 0.5) is 0 Å². The Morgan fingerprint density at radius 2 is 1.94 bits per heavy atom. The van der Waals surface area contributed by atoms with Gasteiger partial charge < -0.3 is 20.7 Å². The first-order chi connectivity index (χ1) is 7.67. The molecule has 2 unspecified atom stereocenters. The van der Waals surface area contributed by atoms with Crippen LogP contribution in [0, 0.1) is 0 Å². The Morgan fingerprint density at radius 1 is 1.31 bits per heavy atom. The van der Waals surface area contributed by atoms with Crippen LogP contribution in [-0.4, -0.2) is 29.5 Å². The van der Waals surface area contributed by atoms with Crippen molar-refractivity contribution >= 4 is 0 Å². The Bertz CT molecular complexity index is 300. The van der Waals surface area contributed by atoms with Crippen molar-refractivity contribution in [3.05, 3.63) is 29.8 Å². The van der Waals surface area contributed by atoms with Gasteiger partial charge in [0.05, 0.1) is 6.61 Å². The molecule has 2 atom stereocenters. The average molecular weight is 225 g/mol. The molecule has 0 bridgehead atoms. The number of aliphatic hydroxyl groups excluding tert-OH is 2. The molecule has 4 heteroatoms. The van der Waals surface area contributed by atoms with Crippen LogP contribution in [0.25, 0.3) is 0 Å². The molecule has 0 saturated heterocycles. The second-order valence-corrected chi connectivity index (χ2v) is 3.73. The maximum atomic E-state index is 9.11. The molecule has 90 valence electrons. The maximum absolute atomic E-state index is 9.11. The van der Waals surface area contributed by atoms with Gasteiger partial charge in [0.2, 0.25) is 0 Å². The van der Waals surface area contributed by atoms with Crippen LogP contribution < -0.4 is 10.5 Å². The highest BCUT2D eigenvalue weighted by molar-refractivity contribution is 5.28. The zero-order valence-corrected chi connectivity index (χ0v) is 9.47. The lowest BCUT2D eigenvalue weighted by atomic mass is 10.1. The molecule has 0 aliphatic carbocycles. The third-order valence-electron chi connectivity index (χ3n) is 2.40. The molecule has 0 radical (unpaired) electrons. The highest BCUT2D eigenvalue weighted by Crippen LogP contribution is 2.18. The van der Waals surface area contributed by atoms with E-state index in [0.717, 1.165) is 12.0 Å². The lowest BCUT2D eigenvalue weighted by Gasteiger charge is -2.12. The van der Waals surface area contributed by atoms with Crippen molar-refractivity contribution in [1.82, 2.24) is 0 Å². The van der Waals surface area contributed by atoms with E-state index in [4.69, 9.17) is 20.7 Å². The van der Waals surface area contributed by atoms with Crippen LogP contribution in [-0.2, 0) is 0 Å². The zero-order valence-electron chi connectivity index (χ0n) is 9.47. The number of hydrogen-bond acceptors (Lipinski definition) is 4. The Labute approximate surface area is 95.7 Å². The summed E-state index contributed by atoms with van der Waals surface area (Å²) in [6.07, 6.45) is 0.0567. The molecule has 1 aromatic rings. The van der Waals surface area contributed by atoms with Crippen molar-refractivity contribution < 1.29 is 14.9 Å². The molecule has 1 rings (SSSR count). The minimum atomic E-state index is -0.836. The second kappa shape index (κ2) is 6.48. The van der Waals surface area contributed by atoms with Crippen molar-refractivity contribution in [1.29, 1.82) is 0 Å². The van der Waals surface area contributed by atoms with E-state index >= 15 is 0 Å². The number of benzene rings is 1. The summed E-state index contributed by atoms with van der Waals surface area (Å²) in [6, 6.07) is 7.50. The molecule has 0 amide bonds. The average Bonchev–Trinajstić information content (AvgIpc) is 2.35. The Hall–Kier alpha value is -1.10. The number of hydrogen-bond donors (Lipinski definition) is 3. The van der Waals surface area contributed by atoms with Gasteiger partial charge in [0.1, 0.15) is 18.5 Å². The third kappa shape index (κ3) is 3.81. The molecule has 0 fully saturated rings. The Balaban J connectivity index is 2.51. The standard InChI is InChI=1S/C12H19NO3/c1-2-12(13)9-3-5-11(6-4-9)16-8-10(15)7-14/h3-6,10,12,14-15H,2,7-8,13H2,1H3. The predicted octanol–water partition coefficient (Wildman–Crippen LogP) is 0.828. The number of ether oxygens (including phenoxy) is 1. The molecule has 4 N–H and O–H groups in total. The van der Waals surface area contributed by atoms with E-state index in [2.05, 4.69) is 0 Å². The van der Waals surface area contributed by atoms with Gasteiger partial charge in [-0.2, -0.15) is 0 Å². The number of nitrogens with two attached hydrogens (primary N) is 1. The summed E-state index contributed by atoms with van der Waals surface area (Å²) in [6.45, 7) is 1.83. The molecule has 0 saturated carbocycles. The predicted molar refractivity (Wildman–Crippen MR) is 62.2 cm³/mol. The quantitative estimate of drug-likeness (QED) is 0.670. The van der Waals surface area contributed by atoms with Gasteiger partial charge in [-0.3, -0.25) is 0 Å². The lowest BCUT2D eigenvalue weighted by molar-refractivity contribution is 0.0536. The summed E-state index contributed by atoms with van der Waals surface area (Å²) in [5.74, 6) is 0.666. The normalized spacial score (nSPS) is 14.5. The fourth-order valence-corrected chi connectivity index (χ4v) is 1.29. The molecule has 16 heavy (non-hydrogen) atoms. The van der Waals surface area contributed by atoms with Crippen molar-refractivity contribution in [2.24, 2.45) is 5.73 Å². The highest BCUT2D eigenvalue weighted by atomic mass is 16.5. The first kappa shape index (κ1) is 13.0. The van der Waals surface area contributed by atoms with E-state index < -0.39 is 6.10 Å². The molecule has 0 aromatic heterocycles. The minimum absolute atomic E-state index is 0.0529. The first-order valence-corrected chi connectivity index (χ1v) is 5.44. The number of rotatable bonds is 6. The van der Waals surface area contributed by atoms with Crippen molar-refractivity contribution in [3.63, 3.8) is 0 Å². The first-order valence-electron chi connectivity index (χ1n) is 5.44. The third-order valence-corrected chi connectivity index (χ3v) is 2.40. The minimum Gasteiger partial charge on any atom is -0.491 e. The molecule has 4 nitrogen and oxygen atoms in total. The molecular formula is C12H19NO3. The summed E-state index contributed by atoms with van der Waals surface area (Å²) < 4.78 is 5.28. The largest absolute Gasteiger partial charge is 0.491 e. The smallest absolute Gasteiger partial charge is 0.119 e. The summed E-state index contributed by atoms with van der Waals surface area (Å²) in [7, 11) is 0. The van der Waals surface area contributed by atoms with Gasteiger partial charge in [0, 0.05) is 6.04 Å². The highest BCUT2D eigenvalue weighted by Gasteiger charge is 2.05. The Morgan fingerprint density at radius 3 is 2.44 bits per heavy atom. The van der Waals surface area contributed by atoms with Gasteiger partial charge in [-0.05, 0) is 24.1 Å². The molecule has 0 spiro atoms. The fourth-order valence-electron chi connectivity index (χ4n) is 1.29. The van der Waals surface area contributed by atoms with E-state index in [1.165, 1.54) is 0 Å². The van der Waals surface area contributed by atoms with E-state index in [9.17, 15) is 0 Å². The van der Waals surface area contributed by atoms with E-state index in [-0.39, 0.29) is 19.3 Å². The lowest BCUT2D eigenvalue weighted by Crippen LogP contribution is -2.21. The summed E-state index contributed by atoms with van der Waals surface area (Å²) in [5, 5.41) is 17.7. The van der Waals surface area contributed by atoms with Crippen LogP contribution in [0.5, 0.6) is 5.75 Å². The Kier molecular flexibility index (Phi) is 5.25. The van der Waals surface area contributed by atoms with Gasteiger partial charge >= 0.3 is 0 Å². The summed E-state index contributed by atoms with van der Waals surface area (Å²) in [4.78, 5) is 0. The number of aliphatic hydroxyl groups is 2. The topological polar surface area (TPSA) is 75.7 Å². The molecule has 0 aliphatic rings. The van der Waals surface area contributed by atoms with Crippen LogP contribution >= 0.6 is 0 Å². The van der Waals surface area contributed by atoms with Gasteiger partial charge in [0.15, 0.2) is 0 Å². The second-order valence-electron chi connectivity index (χ2n) is 3.73.